The number of rotatable bonds is 2. The monoisotopic (exact) mass is 349 g/mol. The molecule has 4 nitrogen and oxygen atoms in total. The fourth-order valence-corrected chi connectivity index (χ4v) is 3.23. The smallest absolute Gasteiger partial charge is 0.258 e. The second kappa shape index (κ2) is 5.89. The molecule has 1 fully saturated rings. The van der Waals surface area contributed by atoms with Gasteiger partial charge in [0.2, 0.25) is 0 Å². The van der Waals surface area contributed by atoms with Crippen LogP contribution in [0.3, 0.4) is 0 Å². The molecule has 0 bridgehead atoms. The fraction of sp³-hybridized carbons (Fsp3) is 0.500. The number of hydrogen-bond donors (Lipinski definition) is 1. The van der Waals surface area contributed by atoms with Crippen LogP contribution in [-0.4, -0.2) is 10.1 Å². The van der Waals surface area contributed by atoms with Gasteiger partial charge in [0.15, 0.2) is 5.82 Å². The van der Waals surface area contributed by atoms with Gasteiger partial charge in [-0.25, -0.2) is 0 Å². The highest BCUT2D eigenvalue weighted by Crippen LogP contribution is 2.33. The summed E-state index contributed by atoms with van der Waals surface area (Å²) in [6, 6.07) is 6.03. The Balaban J connectivity index is 1.90. The second-order valence-corrected chi connectivity index (χ2v) is 6.81. The highest BCUT2D eigenvalue weighted by atomic mass is 79.9. The number of aromatic nitrogens is 2. The molecule has 1 aliphatic carbocycles. The second-order valence-electron chi connectivity index (χ2n) is 5.96. The Morgan fingerprint density at radius 3 is 2.57 bits per heavy atom. The molecule has 3 rings (SSSR count). The largest absolute Gasteiger partial charge is 0.334 e. The lowest BCUT2D eigenvalue weighted by Crippen LogP contribution is -2.37. The zero-order valence-corrected chi connectivity index (χ0v) is 13.8. The van der Waals surface area contributed by atoms with Gasteiger partial charge in [-0.05, 0) is 37.5 Å². The third kappa shape index (κ3) is 3.04. The summed E-state index contributed by atoms with van der Waals surface area (Å²) in [5.74, 6) is 1.19. The topological polar surface area (TPSA) is 64.9 Å². The first kappa shape index (κ1) is 14.7. The third-order valence-corrected chi connectivity index (χ3v) is 5.14. The van der Waals surface area contributed by atoms with Gasteiger partial charge in [0.25, 0.3) is 5.89 Å². The normalized spacial score (nSPS) is 18.4. The Kier molecular flexibility index (Phi) is 4.13. The minimum atomic E-state index is -0.430. The van der Waals surface area contributed by atoms with E-state index in [0.717, 1.165) is 35.7 Å². The van der Waals surface area contributed by atoms with Crippen molar-refractivity contribution in [3.8, 4) is 11.5 Å². The Labute approximate surface area is 133 Å². The van der Waals surface area contributed by atoms with Crippen LogP contribution in [0, 0.1) is 6.92 Å². The summed E-state index contributed by atoms with van der Waals surface area (Å²) in [4.78, 5) is 4.56. The summed E-state index contributed by atoms with van der Waals surface area (Å²) >= 11 is 3.53. The first-order chi connectivity index (χ1) is 10.1. The molecule has 112 valence electrons. The van der Waals surface area contributed by atoms with E-state index >= 15 is 0 Å². The quantitative estimate of drug-likeness (QED) is 0.820. The van der Waals surface area contributed by atoms with Gasteiger partial charge < -0.3 is 10.3 Å². The lowest BCUT2D eigenvalue weighted by molar-refractivity contribution is 0.334. The Morgan fingerprint density at radius 2 is 1.90 bits per heavy atom. The van der Waals surface area contributed by atoms with Gasteiger partial charge in [-0.15, -0.1) is 0 Å². The number of aryl methyl sites for hydroxylation is 1. The molecule has 2 aromatic rings. The summed E-state index contributed by atoms with van der Waals surface area (Å²) in [5.41, 5.74) is 8.20. The summed E-state index contributed by atoms with van der Waals surface area (Å²) in [7, 11) is 0. The minimum Gasteiger partial charge on any atom is -0.334 e. The molecule has 0 saturated heterocycles. The zero-order valence-electron chi connectivity index (χ0n) is 12.2. The average Bonchev–Trinajstić information content (AvgIpc) is 2.86. The summed E-state index contributed by atoms with van der Waals surface area (Å²) in [6.07, 6.45) is 6.63. The molecule has 0 unspecified atom stereocenters. The number of benzene rings is 1. The van der Waals surface area contributed by atoms with Crippen LogP contribution < -0.4 is 5.73 Å². The van der Waals surface area contributed by atoms with Crippen LogP contribution in [0.4, 0.5) is 0 Å². The SMILES string of the molecule is Cc1ccc(-c2nc(C3(N)CCCCCC3)no2)cc1Br. The van der Waals surface area contributed by atoms with Gasteiger partial charge in [-0.2, -0.15) is 4.98 Å². The molecule has 2 N–H and O–H groups in total. The van der Waals surface area contributed by atoms with Crippen LogP contribution in [0.1, 0.15) is 49.9 Å². The highest BCUT2D eigenvalue weighted by molar-refractivity contribution is 9.10. The summed E-state index contributed by atoms with van der Waals surface area (Å²) in [5, 5.41) is 4.16. The highest BCUT2D eigenvalue weighted by Gasteiger charge is 2.33. The maximum Gasteiger partial charge on any atom is 0.258 e. The predicted octanol–water partition coefficient (Wildman–Crippen LogP) is 4.32. The van der Waals surface area contributed by atoms with Gasteiger partial charge in [0, 0.05) is 10.0 Å². The van der Waals surface area contributed by atoms with Gasteiger partial charge >= 0.3 is 0 Å². The van der Waals surface area contributed by atoms with Crippen molar-refractivity contribution in [3.63, 3.8) is 0 Å². The molecular weight excluding hydrogens is 330 g/mol. The maximum atomic E-state index is 6.53. The molecule has 1 aromatic heterocycles. The molecule has 1 saturated carbocycles. The molecule has 0 radical (unpaired) electrons. The molecule has 1 heterocycles. The van der Waals surface area contributed by atoms with Crippen molar-refractivity contribution in [1.29, 1.82) is 0 Å². The van der Waals surface area contributed by atoms with Crippen LogP contribution >= 0.6 is 15.9 Å². The molecule has 5 heteroatoms. The molecule has 1 aliphatic rings. The van der Waals surface area contributed by atoms with Crippen LogP contribution in [0.5, 0.6) is 0 Å². The van der Waals surface area contributed by atoms with Crippen molar-refractivity contribution in [2.75, 3.05) is 0 Å². The lowest BCUT2D eigenvalue weighted by Gasteiger charge is -2.23. The number of hydrogen-bond acceptors (Lipinski definition) is 4. The van der Waals surface area contributed by atoms with Crippen LogP contribution in [0.2, 0.25) is 0 Å². The van der Waals surface area contributed by atoms with E-state index in [1.54, 1.807) is 0 Å². The molecular formula is C16H20BrN3O. The van der Waals surface area contributed by atoms with Gasteiger partial charge in [-0.1, -0.05) is 52.8 Å². The van der Waals surface area contributed by atoms with Crippen molar-refractivity contribution in [1.82, 2.24) is 10.1 Å². The van der Waals surface area contributed by atoms with E-state index in [1.807, 2.05) is 25.1 Å². The van der Waals surface area contributed by atoms with Gasteiger partial charge in [-0.3, -0.25) is 0 Å². The van der Waals surface area contributed by atoms with E-state index in [4.69, 9.17) is 10.3 Å². The fourth-order valence-electron chi connectivity index (χ4n) is 2.85. The van der Waals surface area contributed by atoms with Crippen molar-refractivity contribution < 1.29 is 4.52 Å². The van der Waals surface area contributed by atoms with Crippen molar-refractivity contribution in [2.45, 2.75) is 51.0 Å². The average molecular weight is 350 g/mol. The minimum absolute atomic E-state index is 0.430. The third-order valence-electron chi connectivity index (χ3n) is 4.29. The number of nitrogens with two attached hydrogens (primary N) is 1. The van der Waals surface area contributed by atoms with E-state index in [9.17, 15) is 0 Å². The molecule has 0 amide bonds. The summed E-state index contributed by atoms with van der Waals surface area (Å²) in [6.45, 7) is 2.05. The van der Waals surface area contributed by atoms with Crippen molar-refractivity contribution in [3.05, 3.63) is 34.1 Å². The van der Waals surface area contributed by atoms with E-state index in [-0.39, 0.29) is 0 Å². The summed E-state index contributed by atoms with van der Waals surface area (Å²) < 4.78 is 6.48. The van der Waals surface area contributed by atoms with Gasteiger partial charge in [0.05, 0.1) is 5.54 Å². The van der Waals surface area contributed by atoms with E-state index < -0.39 is 5.54 Å². The first-order valence-electron chi connectivity index (χ1n) is 7.48. The molecule has 21 heavy (non-hydrogen) atoms. The van der Waals surface area contributed by atoms with Gasteiger partial charge in [0.1, 0.15) is 0 Å². The number of halogens is 1. The molecule has 0 atom stereocenters. The van der Waals surface area contributed by atoms with E-state index in [0.29, 0.717) is 11.7 Å². The molecule has 1 aromatic carbocycles. The molecule has 0 spiro atoms. The van der Waals surface area contributed by atoms with E-state index in [2.05, 4.69) is 26.1 Å². The van der Waals surface area contributed by atoms with E-state index in [1.165, 1.54) is 18.4 Å². The first-order valence-corrected chi connectivity index (χ1v) is 8.27. The number of nitrogens with zero attached hydrogens (tertiary/aromatic N) is 2. The van der Waals surface area contributed by atoms with Crippen LogP contribution in [0.25, 0.3) is 11.5 Å². The van der Waals surface area contributed by atoms with Crippen LogP contribution in [0.15, 0.2) is 27.2 Å². The Hall–Kier alpha value is -1.20. The molecule has 0 aliphatic heterocycles. The standard InChI is InChI=1S/C16H20BrN3O/c1-11-6-7-12(10-13(11)17)14-19-15(20-21-14)16(18)8-4-2-3-5-9-16/h6-7,10H,2-5,8-9,18H2,1H3. The van der Waals surface area contributed by atoms with Crippen molar-refractivity contribution in [2.24, 2.45) is 5.73 Å². The van der Waals surface area contributed by atoms with Crippen molar-refractivity contribution >= 4 is 15.9 Å². The Morgan fingerprint density at radius 1 is 1.19 bits per heavy atom. The predicted molar refractivity (Wildman–Crippen MR) is 85.7 cm³/mol. The Bertz CT molecular complexity index is 630. The van der Waals surface area contributed by atoms with Crippen LogP contribution in [-0.2, 0) is 5.54 Å². The maximum absolute atomic E-state index is 6.53. The lowest BCUT2D eigenvalue weighted by atomic mass is 9.91. The zero-order chi connectivity index (χ0) is 14.9.